The van der Waals surface area contributed by atoms with Crippen molar-refractivity contribution in [3.8, 4) is 5.75 Å². The van der Waals surface area contributed by atoms with Gasteiger partial charge in [-0.25, -0.2) is 0 Å². The first-order valence-electron chi connectivity index (χ1n) is 6.30. The topological polar surface area (TPSA) is 80.7 Å². The number of carbonyl (C=O) groups is 3. The van der Waals surface area contributed by atoms with E-state index in [0.29, 0.717) is 18.5 Å². The highest BCUT2D eigenvalue weighted by molar-refractivity contribution is 5.97. The lowest BCUT2D eigenvalue weighted by Crippen LogP contribution is -2.31. The second-order valence-corrected chi connectivity index (χ2v) is 4.60. The molecule has 1 aromatic carbocycles. The van der Waals surface area contributed by atoms with Gasteiger partial charge in [0.05, 0.1) is 7.11 Å². The minimum Gasteiger partial charge on any atom is -0.496 e. The summed E-state index contributed by atoms with van der Waals surface area (Å²) in [6, 6.07) is 7.17. The average Bonchev–Trinajstić information content (AvgIpc) is 2.38. The molecule has 1 rings (SSSR count). The summed E-state index contributed by atoms with van der Waals surface area (Å²) in [7, 11) is 1.52. The van der Waals surface area contributed by atoms with Gasteiger partial charge in [0.25, 0.3) is 0 Å². The lowest BCUT2D eigenvalue weighted by atomic mass is 9.82. The predicted octanol–water partition coefficient (Wildman–Crippen LogP) is 1.73. The molecule has 0 fully saturated rings. The van der Waals surface area contributed by atoms with Crippen molar-refractivity contribution in [3.63, 3.8) is 0 Å². The molecule has 108 valence electrons. The number of carbonyl (C=O) groups excluding carboxylic acids is 2. The fourth-order valence-corrected chi connectivity index (χ4v) is 2.32. The first-order chi connectivity index (χ1) is 9.51. The molecule has 0 radical (unpaired) electrons. The molecule has 0 saturated carbocycles. The number of ketones is 1. The molecular formula is C15H18O5. The van der Waals surface area contributed by atoms with Crippen LogP contribution in [0.25, 0.3) is 0 Å². The largest absolute Gasteiger partial charge is 0.496 e. The summed E-state index contributed by atoms with van der Waals surface area (Å²) >= 11 is 0. The van der Waals surface area contributed by atoms with E-state index in [1.54, 1.807) is 24.3 Å². The third-order valence-electron chi connectivity index (χ3n) is 3.25. The van der Waals surface area contributed by atoms with E-state index in [1.165, 1.54) is 14.0 Å². The second kappa shape index (κ2) is 7.43. The van der Waals surface area contributed by atoms with E-state index < -0.39 is 23.6 Å². The number of methoxy groups -OCH3 is 1. The third-order valence-corrected chi connectivity index (χ3v) is 3.25. The van der Waals surface area contributed by atoms with Crippen LogP contribution in [-0.4, -0.2) is 30.3 Å². The van der Waals surface area contributed by atoms with E-state index >= 15 is 0 Å². The number of carboxylic acid groups (broad SMARTS) is 1. The first kappa shape index (κ1) is 15.9. The van der Waals surface area contributed by atoms with Gasteiger partial charge in [0, 0.05) is 6.42 Å². The smallest absolute Gasteiger partial charge is 0.314 e. The van der Waals surface area contributed by atoms with Crippen LogP contribution in [-0.2, 0) is 20.8 Å². The van der Waals surface area contributed by atoms with Crippen LogP contribution in [0.15, 0.2) is 24.3 Å². The van der Waals surface area contributed by atoms with Gasteiger partial charge in [-0.1, -0.05) is 18.2 Å². The molecule has 0 aliphatic rings. The standard InChI is InChI=1S/C15H18O5/c1-10(17)14(15(18)19)12(7-8-16)9-11-5-3-4-6-13(11)20-2/h3-6,8,12,14H,7,9H2,1-2H3,(H,18,19). The molecule has 0 aliphatic carbocycles. The highest BCUT2D eigenvalue weighted by Gasteiger charge is 2.32. The van der Waals surface area contributed by atoms with Crippen LogP contribution in [0, 0.1) is 11.8 Å². The highest BCUT2D eigenvalue weighted by atomic mass is 16.5. The minimum absolute atomic E-state index is 0.0224. The molecule has 0 bridgehead atoms. The Kier molecular flexibility index (Phi) is 5.90. The van der Waals surface area contributed by atoms with Crippen molar-refractivity contribution in [2.24, 2.45) is 11.8 Å². The number of aldehydes is 1. The summed E-state index contributed by atoms with van der Waals surface area (Å²) in [6.45, 7) is 1.23. The molecule has 2 unspecified atom stereocenters. The quantitative estimate of drug-likeness (QED) is 0.578. The Balaban J connectivity index is 3.05. The Morgan fingerprint density at radius 1 is 1.35 bits per heavy atom. The molecule has 2 atom stereocenters. The van der Waals surface area contributed by atoms with E-state index in [2.05, 4.69) is 0 Å². The van der Waals surface area contributed by atoms with Crippen LogP contribution in [0.5, 0.6) is 5.75 Å². The van der Waals surface area contributed by atoms with Crippen LogP contribution in [0.3, 0.4) is 0 Å². The van der Waals surface area contributed by atoms with Gasteiger partial charge in [-0.15, -0.1) is 0 Å². The maximum absolute atomic E-state index is 11.5. The monoisotopic (exact) mass is 278 g/mol. The Bertz CT molecular complexity index is 481. The number of hydrogen-bond donors (Lipinski definition) is 1. The molecule has 1 aromatic rings. The number of aliphatic carboxylic acids is 1. The van der Waals surface area contributed by atoms with Crippen LogP contribution in [0.2, 0.25) is 0 Å². The second-order valence-electron chi connectivity index (χ2n) is 4.60. The Hall–Kier alpha value is -2.17. The van der Waals surface area contributed by atoms with Gasteiger partial charge in [0.15, 0.2) is 0 Å². The van der Waals surface area contributed by atoms with Crippen LogP contribution < -0.4 is 4.74 Å². The first-order valence-corrected chi connectivity index (χ1v) is 6.30. The zero-order chi connectivity index (χ0) is 15.1. The van der Waals surface area contributed by atoms with Crippen molar-refractivity contribution in [1.82, 2.24) is 0 Å². The summed E-state index contributed by atoms with van der Waals surface area (Å²) < 4.78 is 5.20. The number of hydrogen-bond acceptors (Lipinski definition) is 4. The summed E-state index contributed by atoms with van der Waals surface area (Å²) in [5.41, 5.74) is 0.786. The highest BCUT2D eigenvalue weighted by Crippen LogP contribution is 2.27. The van der Waals surface area contributed by atoms with Crippen molar-refractivity contribution in [1.29, 1.82) is 0 Å². The van der Waals surface area contributed by atoms with Crippen LogP contribution in [0.4, 0.5) is 0 Å². The van der Waals surface area contributed by atoms with E-state index in [9.17, 15) is 19.5 Å². The molecule has 0 aliphatic heterocycles. The van der Waals surface area contributed by atoms with Gasteiger partial charge in [-0.2, -0.15) is 0 Å². The fourth-order valence-electron chi connectivity index (χ4n) is 2.32. The fraction of sp³-hybridized carbons (Fsp3) is 0.400. The lowest BCUT2D eigenvalue weighted by molar-refractivity contribution is -0.148. The van der Waals surface area contributed by atoms with Crippen molar-refractivity contribution < 1.29 is 24.2 Å². The molecule has 0 heterocycles. The van der Waals surface area contributed by atoms with Crippen LogP contribution in [0.1, 0.15) is 18.9 Å². The number of benzene rings is 1. The Morgan fingerprint density at radius 3 is 2.50 bits per heavy atom. The molecule has 20 heavy (non-hydrogen) atoms. The summed E-state index contributed by atoms with van der Waals surface area (Å²) in [6.07, 6.45) is 0.979. The number of carboxylic acids is 1. The van der Waals surface area contributed by atoms with Gasteiger partial charge >= 0.3 is 5.97 Å². The van der Waals surface area contributed by atoms with Gasteiger partial charge in [0.1, 0.15) is 23.7 Å². The van der Waals surface area contributed by atoms with E-state index in [1.807, 2.05) is 0 Å². The predicted molar refractivity (Wildman–Crippen MR) is 72.7 cm³/mol. The van der Waals surface area contributed by atoms with E-state index in [4.69, 9.17) is 4.74 Å². The van der Waals surface area contributed by atoms with Crippen molar-refractivity contribution in [2.45, 2.75) is 19.8 Å². The van der Waals surface area contributed by atoms with Crippen molar-refractivity contribution in [2.75, 3.05) is 7.11 Å². The number of ether oxygens (including phenoxy) is 1. The number of rotatable bonds is 8. The molecule has 0 spiro atoms. The Morgan fingerprint density at radius 2 is 2.00 bits per heavy atom. The van der Waals surface area contributed by atoms with Gasteiger partial charge in [0.2, 0.25) is 0 Å². The van der Waals surface area contributed by atoms with E-state index in [-0.39, 0.29) is 6.42 Å². The minimum atomic E-state index is -1.20. The zero-order valence-electron chi connectivity index (χ0n) is 11.5. The molecule has 5 nitrogen and oxygen atoms in total. The normalized spacial score (nSPS) is 13.3. The maximum atomic E-state index is 11.5. The van der Waals surface area contributed by atoms with Crippen molar-refractivity contribution in [3.05, 3.63) is 29.8 Å². The molecule has 1 N–H and O–H groups in total. The van der Waals surface area contributed by atoms with Crippen molar-refractivity contribution >= 4 is 18.0 Å². The molecule has 0 amide bonds. The molecular weight excluding hydrogens is 260 g/mol. The zero-order valence-corrected chi connectivity index (χ0v) is 11.5. The molecule has 0 saturated heterocycles. The number of Topliss-reactive ketones (excluding diaryl/α,β-unsaturated/α-hetero) is 1. The van der Waals surface area contributed by atoms with Crippen LogP contribution >= 0.6 is 0 Å². The van der Waals surface area contributed by atoms with Gasteiger partial charge in [-0.3, -0.25) is 9.59 Å². The van der Waals surface area contributed by atoms with E-state index in [0.717, 1.165) is 5.56 Å². The molecule has 0 aromatic heterocycles. The Labute approximate surface area is 117 Å². The summed E-state index contributed by atoms with van der Waals surface area (Å²) in [4.78, 5) is 33.5. The lowest BCUT2D eigenvalue weighted by Gasteiger charge is -2.21. The SMILES string of the molecule is COc1ccccc1CC(CC=O)C(C(C)=O)C(=O)O. The third kappa shape index (κ3) is 3.91. The van der Waals surface area contributed by atoms with Gasteiger partial charge < -0.3 is 14.6 Å². The molecule has 5 heteroatoms. The number of para-hydroxylation sites is 1. The summed E-state index contributed by atoms with van der Waals surface area (Å²) in [5.74, 6) is -2.77. The maximum Gasteiger partial charge on any atom is 0.314 e. The summed E-state index contributed by atoms with van der Waals surface area (Å²) in [5, 5.41) is 9.18. The van der Waals surface area contributed by atoms with Gasteiger partial charge in [-0.05, 0) is 30.9 Å². The average molecular weight is 278 g/mol.